The van der Waals surface area contributed by atoms with Crippen LogP contribution >= 0.6 is 0 Å². The van der Waals surface area contributed by atoms with Crippen LogP contribution in [0.15, 0.2) is 12.1 Å². The first kappa shape index (κ1) is 13.8. The third-order valence-corrected chi connectivity index (χ3v) is 5.05. The van der Waals surface area contributed by atoms with Gasteiger partial charge in [-0.25, -0.2) is 0 Å². The Morgan fingerprint density at radius 3 is 2.60 bits per heavy atom. The van der Waals surface area contributed by atoms with Gasteiger partial charge < -0.3 is 9.88 Å². The van der Waals surface area contributed by atoms with Gasteiger partial charge in [0.25, 0.3) is 0 Å². The second-order valence-electron chi connectivity index (χ2n) is 6.48. The molecule has 2 aliphatic rings. The van der Waals surface area contributed by atoms with Gasteiger partial charge in [-0.3, -0.25) is 9.69 Å². The van der Waals surface area contributed by atoms with Crippen molar-refractivity contribution in [3.8, 4) is 0 Å². The molecule has 1 spiro atoms. The Bertz CT molecular complexity index is 512. The fraction of sp³-hybridized carbons (Fsp3) is 0.688. The molecule has 1 N–H and O–H groups in total. The first-order valence-corrected chi connectivity index (χ1v) is 7.72. The Kier molecular flexibility index (Phi) is 3.46. The van der Waals surface area contributed by atoms with Crippen molar-refractivity contribution >= 4 is 5.78 Å². The lowest BCUT2D eigenvalue weighted by Crippen LogP contribution is -2.55. The van der Waals surface area contributed by atoms with E-state index in [1.165, 1.54) is 5.69 Å². The van der Waals surface area contributed by atoms with Gasteiger partial charge in [-0.15, -0.1) is 0 Å². The SMILES string of the molecule is CC(C)C(=O)c1ccc2n1CCN(C)C21CCNCC1. The van der Waals surface area contributed by atoms with Gasteiger partial charge in [-0.05, 0) is 45.1 Å². The van der Waals surface area contributed by atoms with Gasteiger partial charge in [-0.1, -0.05) is 13.8 Å². The number of likely N-dealkylation sites (N-methyl/N-ethyl adjacent to an activating group) is 1. The molecule has 3 rings (SSSR count). The minimum Gasteiger partial charge on any atom is -0.339 e. The average molecular weight is 275 g/mol. The van der Waals surface area contributed by atoms with Crippen LogP contribution in [0.3, 0.4) is 0 Å². The Labute approximate surface area is 121 Å². The van der Waals surface area contributed by atoms with Crippen molar-refractivity contribution in [1.29, 1.82) is 0 Å². The minimum atomic E-state index is 0.0672. The van der Waals surface area contributed by atoms with Gasteiger partial charge in [0, 0.05) is 24.7 Å². The molecule has 1 fully saturated rings. The smallest absolute Gasteiger partial charge is 0.181 e. The Morgan fingerprint density at radius 2 is 1.95 bits per heavy atom. The van der Waals surface area contributed by atoms with Gasteiger partial charge in [0.05, 0.1) is 11.2 Å². The van der Waals surface area contributed by atoms with Crippen molar-refractivity contribution in [2.45, 2.75) is 38.8 Å². The van der Waals surface area contributed by atoms with Crippen LogP contribution in [0.2, 0.25) is 0 Å². The summed E-state index contributed by atoms with van der Waals surface area (Å²) in [5.74, 6) is 0.336. The highest BCUT2D eigenvalue weighted by Gasteiger charge is 2.43. The van der Waals surface area contributed by atoms with E-state index in [4.69, 9.17) is 0 Å². The molecular formula is C16H25N3O. The second-order valence-corrected chi connectivity index (χ2v) is 6.48. The van der Waals surface area contributed by atoms with Crippen LogP contribution in [0.5, 0.6) is 0 Å². The summed E-state index contributed by atoms with van der Waals surface area (Å²) >= 11 is 0. The van der Waals surface area contributed by atoms with E-state index in [-0.39, 0.29) is 17.2 Å². The number of aromatic nitrogens is 1. The van der Waals surface area contributed by atoms with Gasteiger partial charge in [0.1, 0.15) is 0 Å². The summed E-state index contributed by atoms with van der Waals surface area (Å²) in [6, 6.07) is 4.23. The first-order chi connectivity index (χ1) is 9.56. The average Bonchev–Trinajstić information content (AvgIpc) is 2.88. The van der Waals surface area contributed by atoms with E-state index in [2.05, 4.69) is 27.9 Å². The van der Waals surface area contributed by atoms with Crippen molar-refractivity contribution in [2.24, 2.45) is 5.92 Å². The third kappa shape index (κ3) is 1.93. The van der Waals surface area contributed by atoms with Crippen molar-refractivity contribution in [3.05, 3.63) is 23.5 Å². The van der Waals surface area contributed by atoms with Crippen molar-refractivity contribution in [2.75, 3.05) is 26.7 Å². The van der Waals surface area contributed by atoms with E-state index < -0.39 is 0 Å². The molecule has 1 saturated heterocycles. The summed E-state index contributed by atoms with van der Waals surface area (Å²) in [5.41, 5.74) is 2.37. The van der Waals surface area contributed by atoms with E-state index >= 15 is 0 Å². The van der Waals surface area contributed by atoms with E-state index in [0.717, 1.165) is 44.7 Å². The van der Waals surface area contributed by atoms with E-state index in [1.54, 1.807) is 0 Å². The lowest BCUT2D eigenvalue weighted by molar-refractivity contribution is 0.0471. The Balaban J connectivity index is 2.04. The van der Waals surface area contributed by atoms with Gasteiger partial charge in [0.2, 0.25) is 0 Å². The topological polar surface area (TPSA) is 37.3 Å². The minimum absolute atomic E-state index is 0.0672. The van der Waals surface area contributed by atoms with E-state index in [1.807, 2.05) is 19.9 Å². The Morgan fingerprint density at radius 1 is 1.25 bits per heavy atom. The lowest BCUT2D eigenvalue weighted by Gasteiger charge is -2.48. The molecule has 1 aromatic heterocycles. The van der Waals surface area contributed by atoms with Crippen LogP contribution < -0.4 is 5.32 Å². The quantitative estimate of drug-likeness (QED) is 0.837. The molecule has 0 amide bonds. The van der Waals surface area contributed by atoms with Crippen molar-refractivity contribution < 1.29 is 4.79 Å². The highest BCUT2D eigenvalue weighted by atomic mass is 16.1. The molecule has 4 heteroatoms. The molecule has 0 atom stereocenters. The van der Waals surface area contributed by atoms with Crippen molar-refractivity contribution in [1.82, 2.24) is 14.8 Å². The van der Waals surface area contributed by atoms with E-state index in [9.17, 15) is 4.79 Å². The van der Waals surface area contributed by atoms with E-state index in [0.29, 0.717) is 0 Å². The Hall–Kier alpha value is -1.13. The number of Topliss-reactive ketones (excluding diaryl/α,β-unsaturated/α-hetero) is 1. The number of ketones is 1. The number of nitrogens with zero attached hydrogens (tertiary/aromatic N) is 2. The molecule has 0 saturated carbocycles. The summed E-state index contributed by atoms with van der Waals surface area (Å²) in [6.45, 7) is 8.04. The van der Waals surface area contributed by atoms with Gasteiger partial charge >= 0.3 is 0 Å². The summed E-state index contributed by atoms with van der Waals surface area (Å²) in [6.07, 6.45) is 2.26. The molecule has 4 nitrogen and oxygen atoms in total. The third-order valence-electron chi connectivity index (χ3n) is 5.05. The molecule has 2 aliphatic heterocycles. The number of hydrogen-bond donors (Lipinski definition) is 1. The predicted molar refractivity (Wildman–Crippen MR) is 80.0 cm³/mol. The van der Waals surface area contributed by atoms with Crippen LogP contribution in [-0.4, -0.2) is 41.9 Å². The summed E-state index contributed by atoms with van der Waals surface area (Å²) in [7, 11) is 2.23. The molecule has 3 heterocycles. The highest BCUT2D eigenvalue weighted by molar-refractivity contribution is 5.96. The maximum Gasteiger partial charge on any atom is 0.181 e. The summed E-state index contributed by atoms with van der Waals surface area (Å²) in [5, 5.41) is 3.45. The van der Waals surface area contributed by atoms with Gasteiger partial charge in [0.15, 0.2) is 5.78 Å². The van der Waals surface area contributed by atoms with Crippen LogP contribution in [-0.2, 0) is 12.1 Å². The molecule has 0 aromatic carbocycles. The van der Waals surface area contributed by atoms with Crippen LogP contribution in [0, 0.1) is 5.92 Å². The first-order valence-electron chi connectivity index (χ1n) is 7.72. The number of carbonyl (C=O) groups excluding carboxylic acids is 1. The molecule has 0 bridgehead atoms. The van der Waals surface area contributed by atoms with Crippen LogP contribution in [0.25, 0.3) is 0 Å². The molecular weight excluding hydrogens is 250 g/mol. The second kappa shape index (κ2) is 5.01. The fourth-order valence-electron chi connectivity index (χ4n) is 3.76. The summed E-state index contributed by atoms with van der Waals surface area (Å²) < 4.78 is 2.29. The highest BCUT2D eigenvalue weighted by Crippen LogP contribution is 2.40. The number of nitrogens with one attached hydrogen (secondary N) is 1. The molecule has 0 unspecified atom stereocenters. The number of hydrogen-bond acceptors (Lipinski definition) is 3. The standard InChI is InChI=1S/C16H25N3O/c1-12(2)15(20)13-4-5-14-16(6-8-17-9-7-16)18(3)10-11-19(13)14/h4-5,12,17H,6-11H2,1-3H3. The molecule has 20 heavy (non-hydrogen) atoms. The number of piperidine rings is 1. The molecule has 0 aliphatic carbocycles. The molecule has 110 valence electrons. The molecule has 0 radical (unpaired) electrons. The lowest BCUT2D eigenvalue weighted by atomic mass is 9.82. The van der Waals surface area contributed by atoms with Crippen molar-refractivity contribution in [3.63, 3.8) is 0 Å². The maximum atomic E-state index is 12.4. The van der Waals surface area contributed by atoms with Crippen LogP contribution in [0.1, 0.15) is 42.9 Å². The number of carbonyl (C=O) groups is 1. The number of rotatable bonds is 2. The molecule has 1 aromatic rings. The van der Waals surface area contributed by atoms with Gasteiger partial charge in [-0.2, -0.15) is 0 Å². The largest absolute Gasteiger partial charge is 0.339 e. The monoisotopic (exact) mass is 275 g/mol. The number of fused-ring (bicyclic) bond motifs is 2. The summed E-state index contributed by atoms with van der Waals surface area (Å²) in [4.78, 5) is 14.9. The maximum absolute atomic E-state index is 12.4. The zero-order valence-electron chi connectivity index (χ0n) is 12.8. The van der Waals surface area contributed by atoms with Crippen LogP contribution in [0.4, 0.5) is 0 Å². The zero-order valence-corrected chi connectivity index (χ0v) is 12.8. The zero-order chi connectivity index (χ0) is 14.3. The predicted octanol–water partition coefficient (Wildman–Crippen LogP) is 1.85. The fourth-order valence-corrected chi connectivity index (χ4v) is 3.76. The normalized spacial score (nSPS) is 22.2.